The molecule has 1 amide bonds. The van der Waals surface area contributed by atoms with Crippen LogP contribution in [-0.2, 0) is 24.9 Å². The van der Waals surface area contributed by atoms with Gasteiger partial charge in [-0.3, -0.25) is 9.48 Å². The summed E-state index contributed by atoms with van der Waals surface area (Å²) in [4.78, 5) is 13.1. The van der Waals surface area contributed by atoms with Gasteiger partial charge in [-0.2, -0.15) is 5.10 Å². The molecule has 0 saturated carbocycles. The van der Waals surface area contributed by atoms with Crippen molar-refractivity contribution < 1.29 is 4.79 Å². The summed E-state index contributed by atoms with van der Waals surface area (Å²) in [6.45, 7) is 3.28. The van der Waals surface area contributed by atoms with Crippen LogP contribution in [0.15, 0.2) is 34.9 Å². The maximum absolute atomic E-state index is 12.0. The number of carbonyl (C=O) groups excluding carboxylic acids is 1. The molecule has 0 unspecified atom stereocenters. The van der Waals surface area contributed by atoms with E-state index in [0.29, 0.717) is 12.3 Å². The fourth-order valence-electron chi connectivity index (χ4n) is 2.21. The van der Waals surface area contributed by atoms with Gasteiger partial charge in [0.2, 0.25) is 5.91 Å². The standard InChI is InChI=1S/C15H18N6OS2/c1-3-21-14(12-5-4-8-23-12)18-19-15(21)24-10-13(22)16-9-11-6-7-17-20(11)2/h4-8H,3,9-10H2,1-2H3,(H,16,22). The summed E-state index contributed by atoms with van der Waals surface area (Å²) in [6, 6.07) is 5.90. The molecule has 3 aromatic rings. The zero-order chi connectivity index (χ0) is 16.9. The number of aryl methyl sites for hydroxylation is 1. The minimum Gasteiger partial charge on any atom is -0.350 e. The predicted octanol–water partition coefficient (Wildman–Crippen LogP) is 2.17. The van der Waals surface area contributed by atoms with E-state index in [0.717, 1.165) is 28.1 Å². The summed E-state index contributed by atoms with van der Waals surface area (Å²) in [7, 11) is 1.85. The number of hydrogen-bond acceptors (Lipinski definition) is 6. The molecule has 0 radical (unpaired) electrons. The Morgan fingerprint density at radius 1 is 1.38 bits per heavy atom. The number of hydrogen-bond donors (Lipinski definition) is 1. The van der Waals surface area contributed by atoms with Crippen LogP contribution in [0.5, 0.6) is 0 Å². The molecule has 0 fully saturated rings. The molecule has 3 aromatic heterocycles. The van der Waals surface area contributed by atoms with E-state index in [1.54, 1.807) is 22.2 Å². The van der Waals surface area contributed by atoms with Gasteiger partial charge >= 0.3 is 0 Å². The lowest BCUT2D eigenvalue weighted by molar-refractivity contribution is -0.118. The third kappa shape index (κ3) is 3.68. The number of carbonyl (C=O) groups is 1. The Bertz CT molecular complexity index is 808. The minimum absolute atomic E-state index is 0.0375. The van der Waals surface area contributed by atoms with Crippen molar-refractivity contribution in [3.63, 3.8) is 0 Å². The topological polar surface area (TPSA) is 77.6 Å². The first-order valence-corrected chi connectivity index (χ1v) is 9.39. The quantitative estimate of drug-likeness (QED) is 0.652. The van der Waals surface area contributed by atoms with Crippen molar-refractivity contribution in [2.24, 2.45) is 7.05 Å². The van der Waals surface area contributed by atoms with Gasteiger partial charge in [0.25, 0.3) is 0 Å². The largest absolute Gasteiger partial charge is 0.350 e. The van der Waals surface area contributed by atoms with Crippen LogP contribution in [0.2, 0.25) is 0 Å². The Labute approximate surface area is 148 Å². The third-order valence-corrected chi connectivity index (χ3v) is 5.33. The van der Waals surface area contributed by atoms with Crippen molar-refractivity contribution in [1.82, 2.24) is 29.9 Å². The highest BCUT2D eigenvalue weighted by Gasteiger charge is 2.15. The van der Waals surface area contributed by atoms with Crippen molar-refractivity contribution >= 4 is 29.0 Å². The first-order valence-electron chi connectivity index (χ1n) is 7.52. The van der Waals surface area contributed by atoms with Gasteiger partial charge in [-0.15, -0.1) is 21.5 Å². The van der Waals surface area contributed by atoms with Gasteiger partial charge in [0.15, 0.2) is 11.0 Å². The predicted molar refractivity (Wildman–Crippen MR) is 94.8 cm³/mol. The summed E-state index contributed by atoms with van der Waals surface area (Å²) in [5, 5.41) is 18.2. The molecule has 0 saturated heterocycles. The van der Waals surface area contributed by atoms with Crippen molar-refractivity contribution in [2.45, 2.75) is 25.2 Å². The molecule has 7 nitrogen and oxygen atoms in total. The van der Waals surface area contributed by atoms with Crippen LogP contribution in [-0.4, -0.2) is 36.2 Å². The van der Waals surface area contributed by atoms with Crippen LogP contribution in [0.1, 0.15) is 12.6 Å². The Kier molecular flexibility index (Phi) is 5.31. The highest BCUT2D eigenvalue weighted by Crippen LogP contribution is 2.26. The molecule has 126 valence electrons. The van der Waals surface area contributed by atoms with Crippen LogP contribution in [0.3, 0.4) is 0 Å². The maximum atomic E-state index is 12.0. The molecule has 1 N–H and O–H groups in total. The first-order chi connectivity index (χ1) is 11.7. The Morgan fingerprint density at radius 2 is 2.25 bits per heavy atom. The smallest absolute Gasteiger partial charge is 0.230 e. The maximum Gasteiger partial charge on any atom is 0.230 e. The SMILES string of the molecule is CCn1c(SCC(=O)NCc2ccnn2C)nnc1-c1cccs1. The molecule has 0 atom stereocenters. The van der Waals surface area contributed by atoms with Crippen LogP contribution in [0.4, 0.5) is 0 Å². The highest BCUT2D eigenvalue weighted by molar-refractivity contribution is 7.99. The fraction of sp³-hybridized carbons (Fsp3) is 0.333. The van der Waals surface area contributed by atoms with Crippen LogP contribution >= 0.6 is 23.1 Å². The Balaban J connectivity index is 1.58. The van der Waals surface area contributed by atoms with Crippen LogP contribution in [0.25, 0.3) is 10.7 Å². The van der Waals surface area contributed by atoms with Crippen LogP contribution < -0.4 is 5.32 Å². The molecule has 9 heteroatoms. The molecular formula is C15H18N6OS2. The first kappa shape index (κ1) is 16.7. The van der Waals surface area contributed by atoms with Gasteiger partial charge in [0.1, 0.15) is 0 Å². The van der Waals surface area contributed by atoms with E-state index in [4.69, 9.17) is 0 Å². The van der Waals surface area contributed by atoms with Gasteiger partial charge in [0.05, 0.1) is 22.9 Å². The average molecular weight is 362 g/mol. The second-order valence-corrected chi connectivity index (χ2v) is 6.93. The Hall–Kier alpha value is -2.13. The summed E-state index contributed by atoms with van der Waals surface area (Å²) in [5.41, 5.74) is 0.963. The molecule has 0 aliphatic carbocycles. The van der Waals surface area contributed by atoms with Crippen molar-refractivity contribution in [2.75, 3.05) is 5.75 Å². The zero-order valence-corrected chi connectivity index (χ0v) is 15.1. The number of amides is 1. The number of thiophene rings is 1. The van der Waals surface area contributed by atoms with E-state index in [2.05, 4.69) is 20.6 Å². The number of nitrogens with one attached hydrogen (secondary N) is 1. The van der Waals surface area contributed by atoms with Crippen molar-refractivity contribution in [3.05, 3.63) is 35.5 Å². The molecular weight excluding hydrogens is 344 g/mol. The molecule has 24 heavy (non-hydrogen) atoms. The lowest BCUT2D eigenvalue weighted by atomic mass is 10.4. The lowest BCUT2D eigenvalue weighted by Gasteiger charge is -2.07. The summed E-state index contributed by atoms with van der Waals surface area (Å²) < 4.78 is 3.78. The van der Waals surface area contributed by atoms with Crippen LogP contribution in [0, 0.1) is 0 Å². The normalized spacial score (nSPS) is 10.9. The Morgan fingerprint density at radius 3 is 2.92 bits per heavy atom. The molecule has 3 rings (SSSR count). The highest BCUT2D eigenvalue weighted by atomic mass is 32.2. The zero-order valence-electron chi connectivity index (χ0n) is 13.5. The molecule has 0 aliphatic heterocycles. The number of nitrogens with zero attached hydrogens (tertiary/aromatic N) is 5. The summed E-state index contributed by atoms with van der Waals surface area (Å²) >= 11 is 3.03. The monoisotopic (exact) mass is 362 g/mol. The van der Waals surface area contributed by atoms with Gasteiger partial charge < -0.3 is 9.88 Å². The average Bonchev–Trinajstić information content (AvgIpc) is 3.31. The second-order valence-electron chi connectivity index (χ2n) is 5.04. The fourth-order valence-corrected chi connectivity index (χ4v) is 3.76. The van der Waals surface area contributed by atoms with E-state index in [1.807, 2.05) is 42.1 Å². The summed E-state index contributed by atoms with van der Waals surface area (Å²) in [5.74, 6) is 1.12. The molecule has 0 bridgehead atoms. The molecule has 0 spiro atoms. The third-order valence-electron chi connectivity index (χ3n) is 3.50. The van der Waals surface area contributed by atoms with E-state index in [1.165, 1.54) is 11.8 Å². The number of rotatable bonds is 7. The van der Waals surface area contributed by atoms with Crippen molar-refractivity contribution in [3.8, 4) is 10.7 Å². The molecule has 3 heterocycles. The lowest BCUT2D eigenvalue weighted by Crippen LogP contribution is -2.25. The number of thioether (sulfide) groups is 1. The van der Waals surface area contributed by atoms with E-state index in [-0.39, 0.29) is 5.91 Å². The molecule has 0 aromatic carbocycles. The van der Waals surface area contributed by atoms with E-state index in [9.17, 15) is 4.79 Å². The van der Waals surface area contributed by atoms with E-state index < -0.39 is 0 Å². The number of aromatic nitrogens is 5. The molecule has 0 aliphatic rings. The van der Waals surface area contributed by atoms with Gasteiger partial charge in [0, 0.05) is 19.8 Å². The van der Waals surface area contributed by atoms with Gasteiger partial charge in [-0.25, -0.2) is 0 Å². The minimum atomic E-state index is -0.0375. The van der Waals surface area contributed by atoms with Gasteiger partial charge in [-0.05, 0) is 24.4 Å². The van der Waals surface area contributed by atoms with Gasteiger partial charge in [-0.1, -0.05) is 17.8 Å². The van der Waals surface area contributed by atoms with Crippen molar-refractivity contribution in [1.29, 1.82) is 0 Å². The van der Waals surface area contributed by atoms with E-state index >= 15 is 0 Å². The second kappa shape index (κ2) is 7.63. The summed E-state index contributed by atoms with van der Waals surface area (Å²) in [6.07, 6.45) is 1.71.